The Kier molecular flexibility index (Phi) is 1.71. The molecule has 1 aromatic rings. The summed E-state index contributed by atoms with van der Waals surface area (Å²) in [6, 6.07) is 0. The second kappa shape index (κ2) is 2.73. The first-order valence-corrected chi connectivity index (χ1v) is 4.29. The number of nitrogens with zero attached hydrogens (tertiary/aromatic N) is 2. The molecule has 3 heteroatoms. The highest BCUT2D eigenvalue weighted by atomic mass is 16.1. The van der Waals surface area contributed by atoms with Crippen molar-refractivity contribution in [2.75, 3.05) is 0 Å². The van der Waals surface area contributed by atoms with Gasteiger partial charge in [-0.15, -0.1) is 0 Å². The lowest BCUT2D eigenvalue weighted by atomic mass is 10.3. The molecule has 0 aromatic carbocycles. The molecule has 64 valence electrons. The van der Waals surface area contributed by atoms with Gasteiger partial charge in [-0.3, -0.25) is 9.48 Å². The second-order valence-electron chi connectivity index (χ2n) is 3.45. The quantitative estimate of drug-likeness (QED) is 0.633. The summed E-state index contributed by atoms with van der Waals surface area (Å²) in [5.41, 5.74) is 1.56. The summed E-state index contributed by atoms with van der Waals surface area (Å²) in [5.74, 6) is 0.809. The molecule has 1 fully saturated rings. The van der Waals surface area contributed by atoms with Crippen molar-refractivity contribution in [2.24, 2.45) is 5.92 Å². The minimum atomic E-state index is 0.718. The van der Waals surface area contributed by atoms with E-state index in [2.05, 4.69) is 5.10 Å². The van der Waals surface area contributed by atoms with Crippen LogP contribution in [0.2, 0.25) is 0 Å². The fourth-order valence-corrected chi connectivity index (χ4v) is 1.31. The van der Waals surface area contributed by atoms with Gasteiger partial charge in [0, 0.05) is 12.7 Å². The van der Waals surface area contributed by atoms with E-state index in [0.717, 1.165) is 30.0 Å². The van der Waals surface area contributed by atoms with Crippen LogP contribution in [0.3, 0.4) is 0 Å². The molecule has 0 unspecified atom stereocenters. The van der Waals surface area contributed by atoms with Crippen molar-refractivity contribution in [3.63, 3.8) is 0 Å². The second-order valence-corrected chi connectivity index (χ2v) is 3.45. The molecule has 2 rings (SSSR count). The van der Waals surface area contributed by atoms with Gasteiger partial charge in [0.25, 0.3) is 0 Å². The first-order valence-electron chi connectivity index (χ1n) is 4.29. The number of carbonyl (C=O) groups is 1. The molecule has 0 aliphatic heterocycles. The summed E-state index contributed by atoms with van der Waals surface area (Å²) >= 11 is 0. The van der Waals surface area contributed by atoms with Crippen molar-refractivity contribution in [2.45, 2.75) is 26.3 Å². The summed E-state index contributed by atoms with van der Waals surface area (Å²) in [6.45, 7) is 2.85. The lowest BCUT2D eigenvalue weighted by molar-refractivity contribution is 0.112. The molecular formula is C9H12N2O. The van der Waals surface area contributed by atoms with Crippen molar-refractivity contribution < 1.29 is 4.79 Å². The van der Waals surface area contributed by atoms with E-state index in [1.54, 1.807) is 0 Å². The predicted molar refractivity (Wildman–Crippen MR) is 45.1 cm³/mol. The normalized spacial score (nSPS) is 16.4. The fraction of sp³-hybridized carbons (Fsp3) is 0.556. The zero-order chi connectivity index (χ0) is 8.55. The maximum atomic E-state index is 10.5. The number of carbonyl (C=O) groups excluding carboxylic acids is 1. The molecule has 0 radical (unpaired) electrons. The minimum Gasteiger partial charge on any atom is -0.298 e. The maximum Gasteiger partial charge on any atom is 0.153 e. The van der Waals surface area contributed by atoms with Gasteiger partial charge in [0.15, 0.2) is 6.29 Å². The molecule has 1 aromatic heterocycles. The predicted octanol–water partition coefficient (Wildman–Crippen LogP) is 1.41. The molecule has 1 aliphatic carbocycles. The van der Waals surface area contributed by atoms with E-state index in [4.69, 9.17) is 0 Å². The van der Waals surface area contributed by atoms with Crippen LogP contribution in [0, 0.1) is 12.8 Å². The highest BCUT2D eigenvalue weighted by Gasteiger charge is 2.22. The lowest BCUT2D eigenvalue weighted by Crippen LogP contribution is -1.99. The molecule has 0 atom stereocenters. The molecule has 3 nitrogen and oxygen atoms in total. The Morgan fingerprint density at radius 2 is 2.50 bits per heavy atom. The van der Waals surface area contributed by atoms with Gasteiger partial charge in [-0.25, -0.2) is 0 Å². The first kappa shape index (κ1) is 7.53. The topological polar surface area (TPSA) is 34.9 Å². The molecule has 1 aliphatic rings. The monoisotopic (exact) mass is 164 g/mol. The Labute approximate surface area is 71.4 Å². The number of aryl methyl sites for hydroxylation is 1. The van der Waals surface area contributed by atoms with Gasteiger partial charge in [-0.1, -0.05) is 0 Å². The van der Waals surface area contributed by atoms with Crippen LogP contribution >= 0.6 is 0 Å². The zero-order valence-corrected chi connectivity index (χ0v) is 7.16. The van der Waals surface area contributed by atoms with Crippen LogP contribution in [0.15, 0.2) is 6.20 Å². The molecule has 1 saturated carbocycles. The highest BCUT2D eigenvalue weighted by molar-refractivity contribution is 5.75. The number of aromatic nitrogens is 2. The van der Waals surface area contributed by atoms with Gasteiger partial charge in [0.1, 0.15) is 0 Å². The number of hydrogen-bond acceptors (Lipinski definition) is 2. The maximum absolute atomic E-state index is 10.5. The van der Waals surface area contributed by atoms with Gasteiger partial charge in [-0.2, -0.15) is 5.10 Å². The Bertz CT molecular complexity index is 299. The smallest absolute Gasteiger partial charge is 0.153 e. The summed E-state index contributed by atoms with van der Waals surface area (Å²) in [4.78, 5) is 10.5. The third-order valence-electron chi connectivity index (χ3n) is 2.25. The van der Waals surface area contributed by atoms with Gasteiger partial charge in [0.2, 0.25) is 0 Å². The number of hydrogen-bond donors (Lipinski definition) is 0. The Balaban J connectivity index is 2.15. The van der Waals surface area contributed by atoms with E-state index < -0.39 is 0 Å². The van der Waals surface area contributed by atoms with Gasteiger partial charge >= 0.3 is 0 Å². The molecule has 0 amide bonds. The molecule has 12 heavy (non-hydrogen) atoms. The molecular weight excluding hydrogens is 152 g/mol. The van der Waals surface area contributed by atoms with E-state index >= 15 is 0 Å². The summed E-state index contributed by atoms with van der Waals surface area (Å²) in [5, 5.41) is 4.25. The average Bonchev–Trinajstić information content (AvgIpc) is 2.76. The van der Waals surface area contributed by atoms with Crippen LogP contribution in [0.25, 0.3) is 0 Å². The standard InChI is InChI=1S/C9H12N2O/c1-7-9(6-12)5-11(10-7)4-8-2-3-8/h5-6,8H,2-4H2,1H3. The SMILES string of the molecule is Cc1nn(CC2CC2)cc1C=O. The van der Waals surface area contributed by atoms with E-state index in [1.165, 1.54) is 12.8 Å². The van der Waals surface area contributed by atoms with Crippen LogP contribution < -0.4 is 0 Å². The number of rotatable bonds is 3. The molecule has 0 spiro atoms. The van der Waals surface area contributed by atoms with Gasteiger partial charge < -0.3 is 0 Å². The van der Waals surface area contributed by atoms with E-state index in [1.807, 2.05) is 17.8 Å². The largest absolute Gasteiger partial charge is 0.298 e. The van der Waals surface area contributed by atoms with Crippen molar-refractivity contribution in [1.29, 1.82) is 0 Å². The van der Waals surface area contributed by atoms with E-state index in [9.17, 15) is 4.79 Å². The van der Waals surface area contributed by atoms with Crippen LogP contribution in [-0.4, -0.2) is 16.1 Å². The Morgan fingerprint density at radius 1 is 1.75 bits per heavy atom. The summed E-state index contributed by atoms with van der Waals surface area (Å²) in [6.07, 6.45) is 5.33. The van der Waals surface area contributed by atoms with Crippen LogP contribution in [0.4, 0.5) is 0 Å². The third kappa shape index (κ3) is 1.40. The summed E-state index contributed by atoms with van der Waals surface area (Å²) in [7, 11) is 0. The first-order chi connectivity index (χ1) is 5.79. The van der Waals surface area contributed by atoms with E-state index in [0.29, 0.717) is 0 Å². The highest BCUT2D eigenvalue weighted by Crippen LogP contribution is 2.30. The Morgan fingerprint density at radius 3 is 3.00 bits per heavy atom. The Hall–Kier alpha value is -1.12. The molecule has 0 bridgehead atoms. The molecule has 0 N–H and O–H groups in total. The van der Waals surface area contributed by atoms with Crippen LogP contribution in [0.5, 0.6) is 0 Å². The average molecular weight is 164 g/mol. The zero-order valence-electron chi connectivity index (χ0n) is 7.16. The van der Waals surface area contributed by atoms with Crippen LogP contribution in [0.1, 0.15) is 28.9 Å². The van der Waals surface area contributed by atoms with Crippen molar-refractivity contribution in [3.05, 3.63) is 17.5 Å². The minimum absolute atomic E-state index is 0.718. The van der Waals surface area contributed by atoms with Crippen molar-refractivity contribution >= 4 is 6.29 Å². The van der Waals surface area contributed by atoms with Crippen molar-refractivity contribution in [3.8, 4) is 0 Å². The van der Waals surface area contributed by atoms with E-state index in [-0.39, 0.29) is 0 Å². The van der Waals surface area contributed by atoms with Gasteiger partial charge in [0.05, 0.1) is 11.3 Å². The lowest BCUT2D eigenvalue weighted by Gasteiger charge is -1.95. The number of aldehydes is 1. The summed E-state index contributed by atoms with van der Waals surface area (Å²) < 4.78 is 1.89. The fourth-order valence-electron chi connectivity index (χ4n) is 1.31. The van der Waals surface area contributed by atoms with Crippen LogP contribution in [-0.2, 0) is 6.54 Å². The van der Waals surface area contributed by atoms with Crippen molar-refractivity contribution in [1.82, 2.24) is 9.78 Å². The molecule has 1 heterocycles. The third-order valence-corrected chi connectivity index (χ3v) is 2.25. The molecule has 0 saturated heterocycles. The van der Waals surface area contributed by atoms with Gasteiger partial charge in [-0.05, 0) is 25.7 Å².